The Morgan fingerprint density at radius 2 is 1.40 bits per heavy atom. The molecule has 0 saturated heterocycles. The maximum Gasteiger partial charge on any atom is 0.295 e. The fraction of sp³-hybridized carbons (Fsp3) is 0.600. The zero-order valence-corrected chi connectivity index (χ0v) is 42.8. The number of Topliss-reactive ketones (excluding diaryl/α,β-unsaturated/α-hetero) is 1. The van der Waals surface area contributed by atoms with Crippen molar-refractivity contribution in [3.8, 4) is 0 Å². The Morgan fingerprint density at radius 3 is 2.12 bits per heavy atom. The van der Waals surface area contributed by atoms with Gasteiger partial charge in [-0.25, -0.2) is 8.42 Å². The average molecular weight is 1020 g/mol. The van der Waals surface area contributed by atoms with Gasteiger partial charge in [-0.3, -0.25) is 13.9 Å². The first-order valence-corrected chi connectivity index (χ1v) is 29.2. The number of hydrogen-bond acceptors (Lipinski definition) is 11. The van der Waals surface area contributed by atoms with E-state index in [0.29, 0.717) is 120 Å². The van der Waals surface area contributed by atoms with E-state index in [4.69, 9.17) is 21.1 Å². The Bertz CT molecular complexity index is 2610. The number of anilines is 1. The van der Waals surface area contributed by atoms with Crippen LogP contribution in [0.3, 0.4) is 0 Å². The third-order valence-corrected chi connectivity index (χ3v) is 16.8. The molecular formula is C50H69ClN2O12S3. The molecule has 4 aliphatic rings. The lowest BCUT2D eigenvalue weighted by molar-refractivity contribution is -0.443. The second kappa shape index (κ2) is 23.8. The van der Waals surface area contributed by atoms with Crippen LogP contribution in [-0.2, 0) is 68.3 Å². The summed E-state index contributed by atoms with van der Waals surface area (Å²) in [6.07, 6.45) is 22.0. The summed E-state index contributed by atoms with van der Waals surface area (Å²) in [4.78, 5) is 14.4. The molecule has 0 bridgehead atoms. The van der Waals surface area contributed by atoms with Crippen LogP contribution in [0.5, 0.6) is 0 Å². The summed E-state index contributed by atoms with van der Waals surface area (Å²) in [5, 5.41) is 0. The average Bonchev–Trinajstić information content (AvgIpc) is 3.67. The van der Waals surface area contributed by atoms with Crippen molar-refractivity contribution in [3.63, 3.8) is 0 Å². The van der Waals surface area contributed by atoms with Gasteiger partial charge in [0.2, 0.25) is 5.69 Å². The normalized spacial score (nSPS) is 20.9. The lowest BCUT2D eigenvalue weighted by atomic mass is 9.74. The molecule has 0 saturated carbocycles. The van der Waals surface area contributed by atoms with E-state index in [-0.39, 0.29) is 22.0 Å². The van der Waals surface area contributed by atoms with Gasteiger partial charge in [0.25, 0.3) is 20.2 Å². The molecular weight excluding hydrogens is 952 g/mol. The molecule has 0 aliphatic carbocycles. The number of allylic oxidation sites excluding steroid dienone is 6. The molecule has 2 atom stereocenters. The predicted molar refractivity (Wildman–Crippen MR) is 264 cm³/mol. The number of unbranched alkanes of at least 4 members (excludes halogenated alkanes) is 6. The van der Waals surface area contributed by atoms with E-state index < -0.39 is 46.9 Å². The molecule has 14 nitrogen and oxygen atoms in total. The van der Waals surface area contributed by atoms with Crippen molar-refractivity contribution in [1.29, 1.82) is 0 Å². The first kappa shape index (κ1) is 54.1. The number of carbonyl (C=O) groups is 1. The molecule has 0 spiro atoms. The van der Waals surface area contributed by atoms with Crippen LogP contribution in [0, 0.1) is 0 Å². The number of carbonyl (C=O) groups excluding carboxylic acids is 1. The number of alkyl halides is 1. The number of aryl methyl sites for hydroxylation is 2. The van der Waals surface area contributed by atoms with Gasteiger partial charge in [-0.05, 0) is 102 Å². The van der Waals surface area contributed by atoms with Gasteiger partial charge in [0.05, 0.1) is 34.8 Å². The molecule has 0 fully saturated rings. The molecule has 0 radical (unpaired) electrons. The molecule has 2 N–H and O–H groups in total. The maximum atomic E-state index is 13.0. The van der Waals surface area contributed by atoms with Crippen LogP contribution in [0.15, 0.2) is 70.1 Å². The van der Waals surface area contributed by atoms with Crippen molar-refractivity contribution in [2.24, 2.45) is 0 Å². The monoisotopic (exact) mass is 1020 g/mol. The summed E-state index contributed by atoms with van der Waals surface area (Å²) in [7, 11) is -13.7. The van der Waals surface area contributed by atoms with E-state index in [1.54, 1.807) is 12.1 Å². The highest BCUT2D eigenvalue weighted by Crippen LogP contribution is 2.56. The Balaban J connectivity index is 1.16. The van der Waals surface area contributed by atoms with Crippen LogP contribution in [0.25, 0.3) is 0 Å². The predicted octanol–water partition coefficient (Wildman–Crippen LogP) is 9.05. The van der Waals surface area contributed by atoms with Gasteiger partial charge in [0, 0.05) is 78.9 Å². The third kappa shape index (κ3) is 13.2. The summed E-state index contributed by atoms with van der Waals surface area (Å²) < 4.78 is 121. The standard InChI is InChI=1S/C50H69ClN2O12S3/c1-49(28-10-6-7-20-40(54)21-17-34-65-36-35-64-33-13-4-3-12-30-51)43(52-31-15-18-38-24-26-41(67(58,59)60)45(49)47(38)52)22-8-5-9-23-44-50(2,29-11-14-37-66(55,56)57)46-42(68(61,62)63)27-25-39-19-16-32-53(44)48(39)46/h5,8-9,22-27H,3-4,6-7,10-21,28-37H2,1-2H3,(H2-,55,56,57,58,59,60,61,62,63). The van der Waals surface area contributed by atoms with Gasteiger partial charge >= 0.3 is 0 Å². The largest absolute Gasteiger partial charge is 0.744 e. The second-order valence-corrected chi connectivity index (χ2v) is 23.6. The number of nitrogens with zero attached hydrogens (tertiary/aromatic N) is 2. The molecule has 4 heterocycles. The van der Waals surface area contributed by atoms with Crippen LogP contribution in [0.1, 0.15) is 139 Å². The summed E-state index contributed by atoms with van der Waals surface area (Å²) in [6, 6.07) is 6.39. The number of halogens is 1. The molecule has 18 heteroatoms. The fourth-order valence-corrected chi connectivity index (χ4v) is 13.2. The molecule has 0 amide bonds. The zero-order valence-electron chi connectivity index (χ0n) is 39.6. The molecule has 0 aromatic heterocycles. The number of benzene rings is 2. The van der Waals surface area contributed by atoms with Gasteiger partial charge in [0.15, 0.2) is 5.71 Å². The Hall–Kier alpha value is -3.26. The van der Waals surface area contributed by atoms with E-state index in [0.717, 1.165) is 79.6 Å². The summed E-state index contributed by atoms with van der Waals surface area (Å²) in [6.45, 7) is 7.41. The van der Waals surface area contributed by atoms with E-state index in [1.807, 2.05) is 44.2 Å². The van der Waals surface area contributed by atoms with Crippen molar-refractivity contribution in [3.05, 3.63) is 82.6 Å². The smallest absolute Gasteiger partial charge is 0.295 e. The number of ketones is 1. The van der Waals surface area contributed by atoms with E-state index in [9.17, 15) is 43.7 Å². The summed E-state index contributed by atoms with van der Waals surface area (Å²) in [5.41, 5.74) is 4.39. The van der Waals surface area contributed by atoms with Crippen LogP contribution in [-0.4, -0.2) is 106 Å². The van der Waals surface area contributed by atoms with Gasteiger partial charge in [-0.15, -0.1) is 11.6 Å². The minimum Gasteiger partial charge on any atom is -0.744 e. The van der Waals surface area contributed by atoms with Gasteiger partial charge in [0.1, 0.15) is 27.3 Å². The van der Waals surface area contributed by atoms with Crippen LogP contribution in [0.2, 0.25) is 0 Å². The van der Waals surface area contributed by atoms with E-state index >= 15 is 0 Å². The van der Waals surface area contributed by atoms with E-state index in [1.165, 1.54) is 12.1 Å². The van der Waals surface area contributed by atoms with Crippen molar-refractivity contribution >= 4 is 64.8 Å². The number of ether oxygens (including phenoxy) is 2. The third-order valence-electron chi connectivity index (χ3n) is 14.0. The van der Waals surface area contributed by atoms with Crippen molar-refractivity contribution in [2.45, 2.75) is 150 Å². The number of rotatable bonds is 29. The summed E-state index contributed by atoms with van der Waals surface area (Å²) >= 11 is 5.71. The lowest BCUT2D eigenvalue weighted by Crippen LogP contribution is -2.32. The van der Waals surface area contributed by atoms with Crippen LogP contribution >= 0.6 is 11.6 Å². The minimum atomic E-state index is -4.87. The van der Waals surface area contributed by atoms with Crippen molar-refractivity contribution in [1.82, 2.24) is 0 Å². The zero-order chi connectivity index (χ0) is 49.2. The number of hydrogen-bond donors (Lipinski definition) is 2. The topological polar surface area (TPSA) is 208 Å². The second-order valence-electron chi connectivity index (χ2n) is 19.0. The molecule has 68 heavy (non-hydrogen) atoms. The molecule has 376 valence electrons. The highest BCUT2D eigenvalue weighted by Gasteiger charge is 2.52. The highest BCUT2D eigenvalue weighted by atomic mass is 35.5. The SMILES string of the molecule is CC1(CCCCS(=O)(=O)O)C(=CC=CC=CC2=[N+]3CCCc4ccc(S(=O)(=O)O)c(c43)C2(C)CCCCCC(=O)CCCOCCOCCCCCCCl)N2CCCc3ccc(S(=O)(=O)[O-])c1c32. The molecule has 6 rings (SSSR count). The van der Waals surface area contributed by atoms with Crippen molar-refractivity contribution in [2.75, 3.05) is 56.0 Å². The Morgan fingerprint density at radius 1 is 0.750 bits per heavy atom. The molecule has 2 aromatic rings. The van der Waals surface area contributed by atoms with Gasteiger partial charge in [-0.2, -0.15) is 21.4 Å². The van der Waals surface area contributed by atoms with Crippen molar-refractivity contribution < 1.29 is 57.8 Å². The van der Waals surface area contributed by atoms with Gasteiger partial charge in [-0.1, -0.05) is 62.5 Å². The molecule has 2 unspecified atom stereocenters. The minimum absolute atomic E-state index is 0.103. The quantitative estimate of drug-likeness (QED) is 0.0257. The first-order valence-electron chi connectivity index (χ1n) is 24.2. The lowest BCUT2D eigenvalue weighted by Gasteiger charge is -2.32. The highest BCUT2D eigenvalue weighted by molar-refractivity contribution is 7.86. The fourth-order valence-electron chi connectivity index (χ4n) is 10.8. The molecule has 2 aromatic carbocycles. The molecule has 4 aliphatic heterocycles. The first-order chi connectivity index (χ1) is 32.3. The van der Waals surface area contributed by atoms with Gasteiger partial charge < -0.3 is 18.9 Å². The maximum absolute atomic E-state index is 13.0. The van der Waals surface area contributed by atoms with Crippen LogP contribution < -0.4 is 4.90 Å². The Kier molecular flexibility index (Phi) is 18.9. The van der Waals surface area contributed by atoms with E-state index in [2.05, 4.69) is 9.48 Å². The van der Waals surface area contributed by atoms with Crippen LogP contribution in [0.4, 0.5) is 11.4 Å². The Labute approximate surface area is 409 Å². The summed E-state index contributed by atoms with van der Waals surface area (Å²) in [5.74, 6) is 0.439.